The van der Waals surface area contributed by atoms with Crippen molar-refractivity contribution in [3.63, 3.8) is 0 Å². The summed E-state index contributed by atoms with van der Waals surface area (Å²) in [6.45, 7) is 0. The van der Waals surface area contributed by atoms with E-state index in [0.29, 0.717) is 0 Å². The van der Waals surface area contributed by atoms with E-state index in [1.165, 1.54) is 88.2 Å². The number of ether oxygens (including phenoxy) is 1. The van der Waals surface area contributed by atoms with Crippen LogP contribution in [0.2, 0.25) is 0 Å². The number of fused-ring (bicyclic) bond motifs is 10. The van der Waals surface area contributed by atoms with Gasteiger partial charge in [-0.3, -0.25) is 0 Å². The summed E-state index contributed by atoms with van der Waals surface area (Å²) in [6.07, 6.45) is 7.79. The van der Waals surface area contributed by atoms with E-state index in [-0.39, 0.29) is 5.41 Å². The highest BCUT2D eigenvalue weighted by Gasteiger charge is 2.54. The molecule has 6 aliphatic rings. The standard InChI is InChI=1S/C54H41N3O/c1-2-12-40-37(10-1)11-9-14-43(40)51-55-50(56-52(57-51)53-30-33-26-34(31-53)28-35(27-33)32-53)38-22-20-36(21-23-38)39-24-25-42-41-13-3-4-15-44(41)54(47(42)29-39)45-16-5-7-18-48(45)58-49-19-8-6-17-46(49)54/h1-25,29,33-35H,26-28,30-32H2/t33-,34+,35?,53?. The summed E-state index contributed by atoms with van der Waals surface area (Å²) < 4.78 is 6.58. The van der Waals surface area contributed by atoms with Crippen LogP contribution in [0.15, 0.2) is 158 Å². The predicted molar refractivity (Wildman–Crippen MR) is 231 cm³/mol. The zero-order valence-corrected chi connectivity index (χ0v) is 32.2. The number of aromatic nitrogens is 3. The maximum atomic E-state index is 6.58. The van der Waals surface area contributed by atoms with E-state index in [1.807, 2.05) is 0 Å². The fourth-order valence-corrected chi connectivity index (χ4v) is 12.5. The smallest absolute Gasteiger partial charge is 0.164 e. The maximum absolute atomic E-state index is 6.58. The third-order valence-corrected chi connectivity index (χ3v) is 14.5. The molecule has 14 rings (SSSR count). The number of hydrogen-bond acceptors (Lipinski definition) is 4. The van der Waals surface area contributed by atoms with Crippen molar-refractivity contribution in [3.05, 3.63) is 186 Å². The van der Waals surface area contributed by atoms with Crippen LogP contribution in [-0.4, -0.2) is 15.0 Å². The number of rotatable bonds is 4. The Morgan fingerprint density at radius 2 is 0.983 bits per heavy atom. The molecule has 1 spiro atoms. The van der Waals surface area contributed by atoms with Crippen molar-refractivity contribution in [3.8, 4) is 56.5 Å². The molecule has 0 saturated heterocycles. The van der Waals surface area contributed by atoms with Crippen molar-refractivity contribution in [2.75, 3.05) is 0 Å². The minimum atomic E-state index is -0.496. The zero-order chi connectivity index (χ0) is 38.0. The molecule has 5 aliphatic carbocycles. The molecule has 4 fully saturated rings. The molecule has 0 unspecified atom stereocenters. The Bertz CT molecular complexity index is 2900. The van der Waals surface area contributed by atoms with Gasteiger partial charge in [0.25, 0.3) is 0 Å². The normalized spacial score (nSPS) is 22.6. The first-order valence-corrected chi connectivity index (χ1v) is 21.1. The molecular weight excluding hydrogens is 707 g/mol. The Morgan fingerprint density at radius 1 is 0.431 bits per heavy atom. The van der Waals surface area contributed by atoms with Gasteiger partial charge in [-0.15, -0.1) is 0 Å². The van der Waals surface area contributed by atoms with Crippen LogP contribution < -0.4 is 4.74 Å². The fourth-order valence-electron chi connectivity index (χ4n) is 12.5. The Balaban J connectivity index is 0.948. The lowest BCUT2D eigenvalue weighted by Crippen LogP contribution is -2.49. The Kier molecular flexibility index (Phi) is 6.80. The Hall–Kier alpha value is -6.39. The molecule has 1 aliphatic heterocycles. The van der Waals surface area contributed by atoms with Crippen LogP contribution in [0.25, 0.3) is 55.8 Å². The number of hydrogen-bond donors (Lipinski definition) is 0. The summed E-state index contributed by atoms with van der Waals surface area (Å²) in [5.41, 5.74) is 11.5. The van der Waals surface area contributed by atoms with Crippen molar-refractivity contribution >= 4 is 10.8 Å². The summed E-state index contributed by atoms with van der Waals surface area (Å²) in [4.78, 5) is 16.2. The third-order valence-electron chi connectivity index (χ3n) is 14.5. The van der Waals surface area contributed by atoms with Gasteiger partial charge in [0.05, 0.1) is 5.41 Å². The van der Waals surface area contributed by atoms with Gasteiger partial charge < -0.3 is 4.74 Å². The van der Waals surface area contributed by atoms with Crippen molar-refractivity contribution in [2.24, 2.45) is 17.8 Å². The van der Waals surface area contributed by atoms with Crippen molar-refractivity contribution < 1.29 is 4.74 Å². The van der Waals surface area contributed by atoms with E-state index in [4.69, 9.17) is 19.7 Å². The van der Waals surface area contributed by atoms with Crippen LogP contribution >= 0.6 is 0 Å². The van der Waals surface area contributed by atoms with Crippen molar-refractivity contribution in [1.82, 2.24) is 15.0 Å². The highest BCUT2D eigenvalue weighted by Crippen LogP contribution is 2.63. The average molecular weight is 748 g/mol. The molecule has 0 radical (unpaired) electrons. The van der Waals surface area contributed by atoms with Gasteiger partial charge >= 0.3 is 0 Å². The monoisotopic (exact) mass is 747 g/mol. The van der Waals surface area contributed by atoms with Gasteiger partial charge in [0, 0.05) is 27.7 Å². The van der Waals surface area contributed by atoms with Gasteiger partial charge in [0.2, 0.25) is 0 Å². The molecule has 1 aromatic heterocycles. The molecule has 0 N–H and O–H groups in total. The predicted octanol–water partition coefficient (Wildman–Crippen LogP) is 13.0. The first kappa shape index (κ1) is 32.7. The van der Waals surface area contributed by atoms with Gasteiger partial charge in [-0.05, 0) is 119 Å². The first-order valence-electron chi connectivity index (χ1n) is 21.1. The van der Waals surface area contributed by atoms with Crippen LogP contribution in [0.5, 0.6) is 11.5 Å². The second-order valence-electron chi connectivity index (χ2n) is 17.8. The molecular formula is C54H41N3O. The van der Waals surface area contributed by atoms with E-state index in [0.717, 1.165) is 63.4 Å². The molecule has 4 nitrogen and oxygen atoms in total. The highest BCUT2D eigenvalue weighted by atomic mass is 16.5. The SMILES string of the molecule is c1ccc2c(c1)Oc1ccccc1C21c2ccccc2-c2ccc(-c3ccc(-c4nc(-c5cccc6ccccc56)nc(C56CC7C[C@H](C5)C[C@@H](C7)C6)n4)cc3)cc21. The topological polar surface area (TPSA) is 47.9 Å². The maximum Gasteiger partial charge on any atom is 0.164 e. The van der Waals surface area contributed by atoms with Crippen LogP contribution in [0.4, 0.5) is 0 Å². The molecule has 4 heteroatoms. The van der Waals surface area contributed by atoms with E-state index < -0.39 is 5.41 Å². The third kappa shape index (κ3) is 4.60. The average Bonchev–Trinajstić information content (AvgIpc) is 3.55. The second kappa shape index (κ2) is 12.1. The van der Waals surface area contributed by atoms with Gasteiger partial charge in [-0.2, -0.15) is 0 Å². The van der Waals surface area contributed by atoms with E-state index in [2.05, 4.69) is 158 Å². The molecule has 0 amide bonds. The van der Waals surface area contributed by atoms with E-state index in [9.17, 15) is 0 Å². The van der Waals surface area contributed by atoms with Crippen LogP contribution in [0.1, 0.15) is 66.6 Å². The lowest BCUT2D eigenvalue weighted by atomic mass is 9.49. The Labute approximate surface area is 338 Å². The molecule has 278 valence electrons. The van der Waals surface area contributed by atoms with Crippen LogP contribution in [0, 0.1) is 17.8 Å². The molecule has 4 bridgehead atoms. The minimum Gasteiger partial charge on any atom is -0.457 e. The van der Waals surface area contributed by atoms with Crippen LogP contribution in [0.3, 0.4) is 0 Å². The molecule has 8 aromatic rings. The van der Waals surface area contributed by atoms with Gasteiger partial charge in [0.1, 0.15) is 17.3 Å². The Morgan fingerprint density at radius 3 is 1.72 bits per heavy atom. The number of para-hydroxylation sites is 2. The molecule has 0 atom stereocenters. The molecule has 58 heavy (non-hydrogen) atoms. The first-order chi connectivity index (χ1) is 28.6. The number of nitrogens with zero attached hydrogens (tertiary/aromatic N) is 3. The highest BCUT2D eigenvalue weighted by molar-refractivity contribution is 5.95. The van der Waals surface area contributed by atoms with E-state index >= 15 is 0 Å². The largest absolute Gasteiger partial charge is 0.457 e. The second-order valence-corrected chi connectivity index (χ2v) is 17.8. The minimum absolute atomic E-state index is 0.0467. The fraction of sp³-hybridized carbons (Fsp3) is 0.204. The van der Waals surface area contributed by atoms with Crippen molar-refractivity contribution in [1.29, 1.82) is 0 Å². The van der Waals surface area contributed by atoms with E-state index in [1.54, 1.807) is 0 Å². The summed E-state index contributed by atoms with van der Waals surface area (Å²) >= 11 is 0. The zero-order valence-electron chi connectivity index (χ0n) is 32.2. The summed E-state index contributed by atoms with van der Waals surface area (Å²) in [5.74, 6) is 6.80. The molecule has 4 saturated carbocycles. The summed E-state index contributed by atoms with van der Waals surface area (Å²) in [7, 11) is 0. The quantitative estimate of drug-likeness (QED) is 0.180. The lowest BCUT2D eigenvalue weighted by molar-refractivity contribution is -0.00938. The summed E-state index contributed by atoms with van der Waals surface area (Å²) in [5, 5.41) is 2.38. The molecule has 7 aromatic carbocycles. The van der Waals surface area contributed by atoms with Gasteiger partial charge in [0.15, 0.2) is 11.6 Å². The van der Waals surface area contributed by atoms with Gasteiger partial charge in [-0.25, -0.2) is 15.0 Å². The van der Waals surface area contributed by atoms with Crippen LogP contribution in [-0.2, 0) is 10.8 Å². The van der Waals surface area contributed by atoms with Crippen molar-refractivity contribution in [2.45, 2.75) is 49.4 Å². The van der Waals surface area contributed by atoms with Gasteiger partial charge in [-0.1, -0.05) is 140 Å². The summed E-state index contributed by atoms with van der Waals surface area (Å²) in [6, 6.07) is 57.1. The molecule has 2 heterocycles. The lowest BCUT2D eigenvalue weighted by Gasteiger charge is -2.56. The number of benzene rings is 7.